The van der Waals surface area contributed by atoms with Crippen LogP contribution in [0.2, 0.25) is 0 Å². The zero-order chi connectivity index (χ0) is 10.8. The lowest BCUT2D eigenvalue weighted by atomic mass is 10.3. The van der Waals surface area contributed by atoms with Gasteiger partial charge in [-0.05, 0) is 12.1 Å². The number of ether oxygens (including phenoxy) is 1. The van der Waals surface area contributed by atoms with Crippen molar-refractivity contribution in [1.82, 2.24) is 14.3 Å². The second kappa shape index (κ2) is 7.23. The van der Waals surface area contributed by atoms with Gasteiger partial charge in [-0.1, -0.05) is 6.07 Å². The van der Waals surface area contributed by atoms with Crippen LogP contribution >= 0.6 is 0 Å². The molecule has 0 bridgehead atoms. The van der Waals surface area contributed by atoms with E-state index in [0.29, 0.717) is 0 Å². The Morgan fingerprint density at radius 3 is 2.67 bits per heavy atom. The highest BCUT2D eigenvalue weighted by Crippen LogP contribution is 2.08. The summed E-state index contributed by atoms with van der Waals surface area (Å²) >= 11 is 0. The molecule has 4 nitrogen and oxygen atoms in total. The first-order valence-corrected chi connectivity index (χ1v) is 5.64. The SMILES string of the molecule is [Br-].[Br-].c1ccn2cc(CN3CCOCC3)nc2c1. The van der Waals surface area contributed by atoms with Gasteiger partial charge in [0.1, 0.15) is 5.65 Å². The quantitative estimate of drug-likeness (QED) is 0.527. The highest BCUT2D eigenvalue weighted by molar-refractivity contribution is 5.39. The second-order valence-corrected chi connectivity index (χ2v) is 4.09. The summed E-state index contributed by atoms with van der Waals surface area (Å²) in [4.78, 5) is 6.97. The lowest BCUT2D eigenvalue weighted by Crippen LogP contribution is -3.00. The average molecular weight is 377 g/mol. The lowest BCUT2D eigenvalue weighted by molar-refractivity contribution is -0.001000. The van der Waals surface area contributed by atoms with Gasteiger partial charge in [0, 0.05) is 32.0 Å². The monoisotopic (exact) mass is 375 g/mol. The Morgan fingerprint density at radius 2 is 1.94 bits per heavy atom. The molecule has 1 saturated heterocycles. The molecule has 100 valence electrons. The molecule has 0 N–H and O–H groups in total. The van der Waals surface area contributed by atoms with E-state index in [4.69, 9.17) is 4.74 Å². The molecule has 2 aromatic heterocycles. The third kappa shape index (κ3) is 3.54. The molecule has 3 rings (SSSR count). The number of rotatable bonds is 2. The maximum absolute atomic E-state index is 5.33. The average Bonchev–Trinajstić information content (AvgIpc) is 2.72. The molecule has 3 heterocycles. The maximum atomic E-state index is 5.33. The van der Waals surface area contributed by atoms with Crippen LogP contribution in [0.25, 0.3) is 5.65 Å². The summed E-state index contributed by atoms with van der Waals surface area (Å²) in [6.45, 7) is 4.62. The largest absolute Gasteiger partial charge is 1.00 e. The van der Waals surface area contributed by atoms with Crippen molar-refractivity contribution in [2.45, 2.75) is 6.54 Å². The number of nitrogens with zero attached hydrogens (tertiary/aromatic N) is 3. The van der Waals surface area contributed by atoms with Crippen molar-refractivity contribution >= 4 is 5.65 Å². The van der Waals surface area contributed by atoms with E-state index >= 15 is 0 Å². The van der Waals surface area contributed by atoms with Crippen LogP contribution < -0.4 is 34.0 Å². The van der Waals surface area contributed by atoms with E-state index < -0.39 is 0 Å². The van der Waals surface area contributed by atoms with Crippen LogP contribution in [-0.2, 0) is 11.3 Å². The first-order chi connectivity index (χ1) is 7.92. The summed E-state index contributed by atoms with van der Waals surface area (Å²) < 4.78 is 7.39. The van der Waals surface area contributed by atoms with Crippen LogP contribution in [0.3, 0.4) is 0 Å². The Kier molecular flexibility index (Phi) is 6.28. The first kappa shape index (κ1) is 15.6. The minimum absolute atomic E-state index is 0. The molecular formula is C12H15Br2N3O-2. The molecule has 0 atom stereocenters. The molecule has 1 fully saturated rings. The zero-order valence-electron chi connectivity index (χ0n) is 9.93. The second-order valence-electron chi connectivity index (χ2n) is 4.09. The van der Waals surface area contributed by atoms with Crippen molar-refractivity contribution in [3.8, 4) is 0 Å². The number of halogens is 2. The van der Waals surface area contributed by atoms with Gasteiger partial charge < -0.3 is 43.1 Å². The fourth-order valence-electron chi connectivity index (χ4n) is 2.05. The molecule has 0 spiro atoms. The molecule has 0 radical (unpaired) electrons. The summed E-state index contributed by atoms with van der Waals surface area (Å²) in [7, 11) is 0. The molecule has 6 heteroatoms. The van der Waals surface area contributed by atoms with E-state index in [2.05, 4.69) is 20.5 Å². The number of pyridine rings is 1. The van der Waals surface area contributed by atoms with Crippen LogP contribution in [0.15, 0.2) is 30.6 Å². The van der Waals surface area contributed by atoms with Gasteiger partial charge >= 0.3 is 0 Å². The van der Waals surface area contributed by atoms with E-state index in [1.807, 2.05) is 24.4 Å². The van der Waals surface area contributed by atoms with Crippen molar-refractivity contribution in [2.24, 2.45) is 0 Å². The van der Waals surface area contributed by atoms with Crippen molar-refractivity contribution in [3.63, 3.8) is 0 Å². The van der Waals surface area contributed by atoms with Crippen molar-refractivity contribution in [1.29, 1.82) is 0 Å². The van der Waals surface area contributed by atoms with E-state index in [1.165, 1.54) is 0 Å². The summed E-state index contributed by atoms with van der Waals surface area (Å²) in [6, 6.07) is 6.07. The standard InChI is InChI=1S/C12H15N3O.2BrH/c1-2-4-15-10-11(13-12(15)3-1)9-14-5-7-16-8-6-14;;/h1-4,10H,5-9H2;2*1H/p-2. The highest BCUT2D eigenvalue weighted by Gasteiger charge is 2.12. The molecule has 0 amide bonds. The number of imidazole rings is 1. The van der Waals surface area contributed by atoms with Crippen molar-refractivity contribution in [2.75, 3.05) is 26.3 Å². The number of morpholine rings is 1. The molecule has 1 aliphatic heterocycles. The fourth-order valence-corrected chi connectivity index (χ4v) is 2.05. The smallest absolute Gasteiger partial charge is 0.137 e. The molecule has 18 heavy (non-hydrogen) atoms. The van der Waals surface area contributed by atoms with Gasteiger partial charge in [-0.3, -0.25) is 4.90 Å². The van der Waals surface area contributed by atoms with Crippen LogP contribution in [0.5, 0.6) is 0 Å². The van der Waals surface area contributed by atoms with Gasteiger partial charge in [0.15, 0.2) is 0 Å². The minimum atomic E-state index is 0. The topological polar surface area (TPSA) is 29.8 Å². The first-order valence-electron chi connectivity index (χ1n) is 5.64. The zero-order valence-corrected chi connectivity index (χ0v) is 13.1. The van der Waals surface area contributed by atoms with Gasteiger partial charge in [-0.25, -0.2) is 4.98 Å². The van der Waals surface area contributed by atoms with Gasteiger partial charge in [0.2, 0.25) is 0 Å². The summed E-state index contributed by atoms with van der Waals surface area (Å²) in [6.07, 6.45) is 4.13. The van der Waals surface area contributed by atoms with Crippen molar-refractivity contribution in [3.05, 3.63) is 36.3 Å². The van der Waals surface area contributed by atoms with Crippen LogP contribution in [0, 0.1) is 0 Å². The van der Waals surface area contributed by atoms with Crippen LogP contribution in [0.1, 0.15) is 5.69 Å². The Balaban J connectivity index is 0.000000810. The van der Waals surface area contributed by atoms with Crippen molar-refractivity contribution < 1.29 is 38.7 Å². The molecule has 0 unspecified atom stereocenters. The molecular weight excluding hydrogens is 362 g/mol. The lowest BCUT2D eigenvalue weighted by Gasteiger charge is -2.25. The number of hydrogen-bond donors (Lipinski definition) is 0. The summed E-state index contributed by atoms with van der Waals surface area (Å²) in [5.41, 5.74) is 2.15. The fraction of sp³-hybridized carbons (Fsp3) is 0.417. The van der Waals surface area contributed by atoms with E-state index in [-0.39, 0.29) is 34.0 Å². The Bertz CT molecular complexity index is 450. The Labute approximate surface area is 127 Å². The predicted molar refractivity (Wildman–Crippen MR) is 61.3 cm³/mol. The summed E-state index contributed by atoms with van der Waals surface area (Å²) in [5.74, 6) is 0. The molecule has 1 aliphatic rings. The highest BCUT2D eigenvalue weighted by atomic mass is 79.9. The predicted octanol–water partition coefficient (Wildman–Crippen LogP) is -4.83. The van der Waals surface area contributed by atoms with E-state index in [9.17, 15) is 0 Å². The van der Waals surface area contributed by atoms with E-state index in [0.717, 1.165) is 44.2 Å². The molecule has 0 aromatic carbocycles. The summed E-state index contributed by atoms with van der Waals surface area (Å²) in [5, 5.41) is 0. The minimum Gasteiger partial charge on any atom is -1.00 e. The van der Waals surface area contributed by atoms with Gasteiger partial charge in [-0.15, -0.1) is 0 Å². The normalized spacial score (nSPS) is 16.0. The molecule has 2 aromatic rings. The van der Waals surface area contributed by atoms with E-state index in [1.54, 1.807) is 0 Å². The van der Waals surface area contributed by atoms with Gasteiger partial charge in [0.05, 0.1) is 18.9 Å². The van der Waals surface area contributed by atoms with Crippen LogP contribution in [0.4, 0.5) is 0 Å². The number of aromatic nitrogens is 2. The number of hydrogen-bond acceptors (Lipinski definition) is 3. The number of fused-ring (bicyclic) bond motifs is 1. The van der Waals surface area contributed by atoms with Crippen LogP contribution in [-0.4, -0.2) is 40.6 Å². The molecule has 0 saturated carbocycles. The van der Waals surface area contributed by atoms with Gasteiger partial charge in [0.25, 0.3) is 0 Å². The Hall–Kier alpha value is -0.430. The van der Waals surface area contributed by atoms with Gasteiger partial charge in [-0.2, -0.15) is 0 Å². The maximum Gasteiger partial charge on any atom is 0.137 e. The third-order valence-electron chi connectivity index (χ3n) is 2.90. The third-order valence-corrected chi connectivity index (χ3v) is 2.90. The Morgan fingerprint density at radius 1 is 1.17 bits per heavy atom. The molecule has 0 aliphatic carbocycles.